The number of benzene rings is 2. The number of nitrogens with one attached hydrogen (secondary N) is 2. The quantitative estimate of drug-likeness (QED) is 0.590. The van der Waals surface area contributed by atoms with Gasteiger partial charge in [-0.15, -0.1) is 0 Å². The van der Waals surface area contributed by atoms with Crippen molar-refractivity contribution < 1.29 is 14.2 Å². The van der Waals surface area contributed by atoms with Crippen LogP contribution in [0.4, 0.5) is 4.39 Å². The second-order valence-electron chi connectivity index (χ2n) is 5.86. The van der Waals surface area contributed by atoms with E-state index >= 15 is 0 Å². The highest BCUT2D eigenvalue weighted by molar-refractivity contribution is 5.80. The molecule has 5 nitrogen and oxygen atoms in total. The Hall–Kier alpha value is -2.60. The first-order valence-electron chi connectivity index (χ1n) is 8.30. The zero-order valence-electron chi connectivity index (χ0n) is 14.1. The van der Waals surface area contributed by atoms with Crippen molar-refractivity contribution in [2.75, 3.05) is 20.2 Å². The van der Waals surface area contributed by atoms with Gasteiger partial charge in [-0.2, -0.15) is 0 Å². The predicted octanol–water partition coefficient (Wildman–Crippen LogP) is 2.55. The summed E-state index contributed by atoms with van der Waals surface area (Å²) in [4.78, 5) is 4.19. The second-order valence-corrected chi connectivity index (χ2v) is 5.86. The van der Waals surface area contributed by atoms with Gasteiger partial charge in [0.15, 0.2) is 5.96 Å². The smallest absolute Gasteiger partial charge is 0.191 e. The van der Waals surface area contributed by atoms with Crippen LogP contribution in [-0.4, -0.2) is 31.3 Å². The molecule has 2 aromatic rings. The van der Waals surface area contributed by atoms with Crippen LogP contribution in [-0.2, 0) is 0 Å². The number of rotatable bonds is 4. The molecule has 0 bridgehead atoms. The molecule has 6 heteroatoms. The van der Waals surface area contributed by atoms with E-state index in [1.807, 2.05) is 24.3 Å². The molecule has 0 fully saturated rings. The largest absolute Gasteiger partial charge is 0.493 e. The van der Waals surface area contributed by atoms with E-state index in [1.54, 1.807) is 25.2 Å². The number of para-hydroxylation sites is 1. The summed E-state index contributed by atoms with van der Waals surface area (Å²) < 4.78 is 19.4. The highest BCUT2D eigenvalue weighted by Gasteiger charge is 2.22. The standard InChI is InChI=1S/C19H22FN3O2/c1-21-19(22-12-17(24)13-6-2-4-8-15(13)20)23-16-10-11-25-18-9-5-3-7-14(16)18/h2-9,16-17,24H,10-12H2,1H3,(H2,21,22,23). The van der Waals surface area contributed by atoms with Gasteiger partial charge in [-0.3, -0.25) is 4.99 Å². The second kappa shape index (κ2) is 7.98. The Bertz CT molecular complexity index is 751. The highest BCUT2D eigenvalue weighted by atomic mass is 19.1. The first-order chi connectivity index (χ1) is 12.2. The molecule has 3 rings (SSSR count). The zero-order valence-corrected chi connectivity index (χ0v) is 14.1. The van der Waals surface area contributed by atoms with E-state index in [0.29, 0.717) is 12.6 Å². The lowest BCUT2D eigenvalue weighted by Gasteiger charge is -2.28. The average Bonchev–Trinajstić information content (AvgIpc) is 2.65. The van der Waals surface area contributed by atoms with Crippen molar-refractivity contribution in [1.29, 1.82) is 0 Å². The molecule has 3 N–H and O–H groups in total. The van der Waals surface area contributed by atoms with E-state index < -0.39 is 11.9 Å². The summed E-state index contributed by atoms with van der Waals surface area (Å²) in [7, 11) is 1.66. The minimum Gasteiger partial charge on any atom is -0.493 e. The molecule has 25 heavy (non-hydrogen) atoms. The molecule has 0 radical (unpaired) electrons. The van der Waals surface area contributed by atoms with Crippen molar-refractivity contribution in [2.45, 2.75) is 18.6 Å². The lowest BCUT2D eigenvalue weighted by atomic mass is 10.0. The van der Waals surface area contributed by atoms with E-state index in [-0.39, 0.29) is 18.2 Å². The molecule has 1 heterocycles. The molecule has 132 valence electrons. The molecule has 0 spiro atoms. The van der Waals surface area contributed by atoms with Gasteiger partial charge in [-0.05, 0) is 12.1 Å². The van der Waals surface area contributed by atoms with E-state index in [4.69, 9.17) is 4.74 Å². The van der Waals surface area contributed by atoms with Crippen molar-refractivity contribution in [1.82, 2.24) is 10.6 Å². The molecule has 0 amide bonds. The van der Waals surface area contributed by atoms with E-state index in [1.165, 1.54) is 6.07 Å². The van der Waals surface area contributed by atoms with E-state index in [0.717, 1.165) is 17.7 Å². The molecule has 1 aliphatic rings. The fourth-order valence-electron chi connectivity index (χ4n) is 2.90. The lowest BCUT2D eigenvalue weighted by molar-refractivity contribution is 0.175. The first-order valence-corrected chi connectivity index (χ1v) is 8.30. The molecular formula is C19H22FN3O2. The van der Waals surface area contributed by atoms with Crippen molar-refractivity contribution in [3.8, 4) is 5.75 Å². The van der Waals surface area contributed by atoms with Gasteiger partial charge >= 0.3 is 0 Å². The van der Waals surface area contributed by atoms with Crippen molar-refractivity contribution in [3.63, 3.8) is 0 Å². The number of aliphatic hydroxyl groups is 1. The Labute approximate surface area is 146 Å². The average molecular weight is 343 g/mol. The van der Waals surface area contributed by atoms with Crippen LogP contribution in [0.2, 0.25) is 0 Å². The molecule has 0 saturated carbocycles. The number of aliphatic hydroxyl groups excluding tert-OH is 1. The number of ether oxygens (including phenoxy) is 1. The molecular weight excluding hydrogens is 321 g/mol. The Balaban J connectivity index is 1.62. The van der Waals surface area contributed by atoms with Crippen LogP contribution in [0, 0.1) is 5.82 Å². The topological polar surface area (TPSA) is 65.9 Å². The SMILES string of the molecule is CN=C(NCC(O)c1ccccc1F)NC1CCOc2ccccc21. The third-order valence-corrected chi connectivity index (χ3v) is 4.22. The molecule has 0 aliphatic carbocycles. The number of nitrogens with zero attached hydrogens (tertiary/aromatic N) is 1. The van der Waals surface area contributed by atoms with Crippen LogP contribution in [0.15, 0.2) is 53.5 Å². The van der Waals surface area contributed by atoms with Crippen LogP contribution < -0.4 is 15.4 Å². The number of hydrogen-bond donors (Lipinski definition) is 3. The Morgan fingerprint density at radius 1 is 1.28 bits per heavy atom. The van der Waals surface area contributed by atoms with Crippen molar-refractivity contribution in [2.24, 2.45) is 4.99 Å². The maximum absolute atomic E-state index is 13.7. The minimum absolute atomic E-state index is 0.0711. The number of guanidine groups is 1. The number of halogens is 1. The van der Waals surface area contributed by atoms with Gasteiger partial charge in [-0.1, -0.05) is 36.4 Å². The van der Waals surface area contributed by atoms with E-state index in [9.17, 15) is 9.50 Å². The minimum atomic E-state index is -0.957. The van der Waals surface area contributed by atoms with Crippen LogP contribution in [0.1, 0.15) is 29.7 Å². The Morgan fingerprint density at radius 2 is 2.04 bits per heavy atom. The number of hydrogen-bond acceptors (Lipinski definition) is 3. The summed E-state index contributed by atoms with van der Waals surface area (Å²) in [5, 5.41) is 16.6. The van der Waals surface area contributed by atoms with Gasteiger partial charge in [0.2, 0.25) is 0 Å². The van der Waals surface area contributed by atoms with Gasteiger partial charge in [-0.25, -0.2) is 4.39 Å². The molecule has 0 aromatic heterocycles. The normalized spacial score (nSPS) is 18.0. The van der Waals surface area contributed by atoms with Crippen molar-refractivity contribution in [3.05, 3.63) is 65.5 Å². The third kappa shape index (κ3) is 4.09. The lowest BCUT2D eigenvalue weighted by Crippen LogP contribution is -2.42. The fourth-order valence-corrected chi connectivity index (χ4v) is 2.90. The number of aliphatic imine (C=N–C) groups is 1. The van der Waals surface area contributed by atoms with Crippen LogP contribution in [0.3, 0.4) is 0 Å². The van der Waals surface area contributed by atoms with E-state index in [2.05, 4.69) is 15.6 Å². The fraction of sp³-hybridized carbons (Fsp3) is 0.316. The molecule has 2 atom stereocenters. The highest BCUT2D eigenvalue weighted by Crippen LogP contribution is 2.31. The summed E-state index contributed by atoms with van der Waals surface area (Å²) in [5.41, 5.74) is 1.34. The maximum Gasteiger partial charge on any atom is 0.191 e. The Morgan fingerprint density at radius 3 is 2.84 bits per heavy atom. The van der Waals surface area contributed by atoms with Crippen LogP contribution in [0.25, 0.3) is 0 Å². The predicted molar refractivity (Wildman–Crippen MR) is 95.2 cm³/mol. The van der Waals surface area contributed by atoms with Crippen LogP contribution >= 0.6 is 0 Å². The summed E-state index contributed by atoms with van der Waals surface area (Å²) in [6.07, 6.45) is -0.144. The van der Waals surface area contributed by atoms with Gasteiger partial charge in [0, 0.05) is 31.1 Å². The van der Waals surface area contributed by atoms with Gasteiger partial charge in [0.05, 0.1) is 18.8 Å². The van der Waals surface area contributed by atoms with Crippen molar-refractivity contribution >= 4 is 5.96 Å². The molecule has 2 aromatic carbocycles. The first kappa shape index (κ1) is 17.2. The zero-order chi connectivity index (χ0) is 17.6. The summed E-state index contributed by atoms with van der Waals surface area (Å²) in [6, 6.07) is 14.2. The summed E-state index contributed by atoms with van der Waals surface area (Å²) in [5.74, 6) is 1.00. The Kier molecular flexibility index (Phi) is 5.50. The summed E-state index contributed by atoms with van der Waals surface area (Å²) in [6.45, 7) is 0.787. The van der Waals surface area contributed by atoms with Gasteiger partial charge in [0.25, 0.3) is 0 Å². The van der Waals surface area contributed by atoms with Crippen LogP contribution in [0.5, 0.6) is 5.75 Å². The van der Waals surface area contributed by atoms with Gasteiger partial charge in [0.1, 0.15) is 11.6 Å². The van der Waals surface area contributed by atoms with Gasteiger partial charge < -0.3 is 20.5 Å². The number of fused-ring (bicyclic) bond motifs is 1. The maximum atomic E-state index is 13.7. The molecule has 0 saturated heterocycles. The molecule has 2 unspecified atom stereocenters. The monoisotopic (exact) mass is 343 g/mol. The molecule has 1 aliphatic heterocycles. The third-order valence-electron chi connectivity index (χ3n) is 4.22. The summed E-state index contributed by atoms with van der Waals surface area (Å²) >= 11 is 0.